The second-order valence-corrected chi connectivity index (χ2v) is 16.4. The number of anilines is 3. The third-order valence-electron chi connectivity index (χ3n) is 12.7. The summed E-state index contributed by atoms with van der Waals surface area (Å²) in [5, 5.41) is 7.32. The maximum atomic E-state index is 6.38. The van der Waals surface area contributed by atoms with Crippen molar-refractivity contribution in [2.75, 3.05) is 4.90 Å². The summed E-state index contributed by atoms with van der Waals surface area (Å²) in [5.41, 5.74) is 16.8. The van der Waals surface area contributed by atoms with Crippen LogP contribution in [0.3, 0.4) is 0 Å². The van der Waals surface area contributed by atoms with Crippen LogP contribution < -0.4 is 4.90 Å². The van der Waals surface area contributed by atoms with E-state index in [4.69, 9.17) is 4.42 Å². The summed E-state index contributed by atoms with van der Waals surface area (Å²) in [7, 11) is 0. The Labute approximate surface area is 372 Å². The lowest BCUT2D eigenvalue weighted by Gasteiger charge is -2.27. The topological polar surface area (TPSA) is 16.4 Å². The van der Waals surface area contributed by atoms with E-state index in [-0.39, 0.29) is 0 Å². The molecule has 2 nitrogen and oxygen atoms in total. The Morgan fingerprint density at radius 1 is 0.250 bits per heavy atom. The number of benzene rings is 11. The molecule has 0 bridgehead atoms. The lowest BCUT2D eigenvalue weighted by molar-refractivity contribution is 0.670. The zero-order valence-electron chi connectivity index (χ0n) is 35.0. The Kier molecular flexibility index (Phi) is 9.20. The van der Waals surface area contributed by atoms with E-state index in [1.165, 1.54) is 54.9 Å². The highest BCUT2D eigenvalue weighted by atomic mass is 16.3. The molecule has 0 aliphatic heterocycles. The third-order valence-corrected chi connectivity index (χ3v) is 12.7. The van der Waals surface area contributed by atoms with Crippen LogP contribution in [0.2, 0.25) is 0 Å². The molecule has 2 heteroatoms. The quantitative estimate of drug-likeness (QED) is 0.142. The van der Waals surface area contributed by atoms with Gasteiger partial charge in [-0.15, -0.1) is 0 Å². The summed E-state index contributed by atoms with van der Waals surface area (Å²) in [6, 6.07) is 89.6. The summed E-state index contributed by atoms with van der Waals surface area (Å²) in [4.78, 5) is 2.38. The molecule has 0 amide bonds. The molecule has 0 spiro atoms. The standard InChI is InChI=1S/C62H41NO/c1-3-14-44(15-4-1)53-39-38-51(41-60(53)45-16-5-2-6-17-45)63(50-36-32-47(33-37-50)59-40-48-18-7-8-19-52(48)55-20-9-10-21-56(55)59)49-34-30-43(31-35-49)42-26-28-46(29-27-42)54-23-13-24-58-57-22-11-12-25-61(57)64-62(54)58/h1-41H. The molecule has 12 aromatic rings. The highest BCUT2D eigenvalue weighted by molar-refractivity contribution is 6.14. The van der Waals surface area contributed by atoms with Gasteiger partial charge in [-0.2, -0.15) is 0 Å². The second-order valence-electron chi connectivity index (χ2n) is 16.4. The van der Waals surface area contributed by atoms with Gasteiger partial charge in [0.2, 0.25) is 0 Å². The molecule has 0 fully saturated rings. The predicted molar refractivity (Wildman–Crippen MR) is 271 cm³/mol. The molecule has 0 aliphatic carbocycles. The van der Waals surface area contributed by atoms with E-state index in [0.29, 0.717) is 0 Å². The fourth-order valence-corrected chi connectivity index (χ4v) is 9.55. The zero-order chi connectivity index (χ0) is 42.4. The van der Waals surface area contributed by atoms with E-state index in [0.717, 1.165) is 61.3 Å². The van der Waals surface area contributed by atoms with Crippen molar-refractivity contribution in [3.05, 3.63) is 249 Å². The van der Waals surface area contributed by atoms with Gasteiger partial charge >= 0.3 is 0 Å². The zero-order valence-corrected chi connectivity index (χ0v) is 35.0. The average Bonchev–Trinajstić information content (AvgIpc) is 3.76. The number of fused-ring (bicyclic) bond motifs is 6. The molecule has 0 saturated heterocycles. The van der Waals surface area contributed by atoms with Crippen LogP contribution in [0.4, 0.5) is 17.1 Å². The number of nitrogens with zero attached hydrogens (tertiary/aromatic N) is 1. The van der Waals surface area contributed by atoms with Crippen molar-refractivity contribution in [3.8, 4) is 55.6 Å². The van der Waals surface area contributed by atoms with Gasteiger partial charge in [-0.05, 0) is 120 Å². The number of furan rings is 1. The molecule has 11 aromatic carbocycles. The van der Waals surface area contributed by atoms with Gasteiger partial charge in [0.05, 0.1) is 0 Å². The molecule has 0 saturated carbocycles. The fraction of sp³-hybridized carbons (Fsp3) is 0. The number of rotatable bonds is 8. The Balaban J connectivity index is 0.945. The van der Waals surface area contributed by atoms with E-state index in [1.54, 1.807) is 0 Å². The first-order valence-corrected chi connectivity index (χ1v) is 21.9. The van der Waals surface area contributed by atoms with Crippen LogP contribution in [0, 0.1) is 0 Å². The first-order valence-electron chi connectivity index (χ1n) is 21.9. The van der Waals surface area contributed by atoms with Crippen LogP contribution in [0.25, 0.3) is 99.1 Å². The minimum absolute atomic E-state index is 0.911. The lowest BCUT2D eigenvalue weighted by Crippen LogP contribution is -2.10. The Bertz CT molecular complexity index is 3630. The van der Waals surface area contributed by atoms with Crippen molar-refractivity contribution in [1.29, 1.82) is 0 Å². The van der Waals surface area contributed by atoms with Gasteiger partial charge in [0.1, 0.15) is 11.2 Å². The average molecular weight is 816 g/mol. The SMILES string of the molecule is c1ccc(-c2ccc(N(c3ccc(-c4ccc(-c5cccc6c5oc5ccccc56)cc4)cc3)c3ccc(-c4cc5ccccc5c5ccccc45)cc3)cc2-c2ccccc2)cc1. The molecular weight excluding hydrogens is 775 g/mol. The van der Waals surface area contributed by atoms with Crippen molar-refractivity contribution < 1.29 is 4.42 Å². The van der Waals surface area contributed by atoms with Gasteiger partial charge in [-0.1, -0.05) is 200 Å². The van der Waals surface area contributed by atoms with Crippen molar-refractivity contribution >= 4 is 60.5 Å². The number of hydrogen-bond donors (Lipinski definition) is 0. The Morgan fingerprint density at radius 2 is 0.734 bits per heavy atom. The normalized spacial score (nSPS) is 11.4. The molecule has 12 rings (SSSR count). The summed E-state index contributed by atoms with van der Waals surface area (Å²) in [6.07, 6.45) is 0. The van der Waals surface area contributed by atoms with Gasteiger partial charge < -0.3 is 9.32 Å². The van der Waals surface area contributed by atoms with Gasteiger partial charge in [0.25, 0.3) is 0 Å². The number of para-hydroxylation sites is 2. The van der Waals surface area contributed by atoms with E-state index in [1.807, 2.05) is 12.1 Å². The maximum absolute atomic E-state index is 6.38. The van der Waals surface area contributed by atoms with Crippen LogP contribution >= 0.6 is 0 Å². The fourth-order valence-electron chi connectivity index (χ4n) is 9.55. The van der Waals surface area contributed by atoms with Crippen LogP contribution in [0.15, 0.2) is 253 Å². The largest absolute Gasteiger partial charge is 0.455 e. The predicted octanol–water partition coefficient (Wildman–Crippen LogP) is 17.7. The third kappa shape index (κ3) is 6.61. The van der Waals surface area contributed by atoms with E-state index in [9.17, 15) is 0 Å². The number of hydrogen-bond acceptors (Lipinski definition) is 2. The van der Waals surface area contributed by atoms with Crippen LogP contribution in [-0.2, 0) is 0 Å². The van der Waals surface area contributed by atoms with Crippen LogP contribution in [0.1, 0.15) is 0 Å². The second kappa shape index (κ2) is 15.8. The Morgan fingerprint density at radius 3 is 1.44 bits per heavy atom. The van der Waals surface area contributed by atoms with Crippen molar-refractivity contribution in [2.45, 2.75) is 0 Å². The van der Waals surface area contributed by atoms with Crippen LogP contribution in [-0.4, -0.2) is 0 Å². The molecule has 0 atom stereocenters. The molecule has 300 valence electrons. The first kappa shape index (κ1) is 37.3. The molecular formula is C62H41NO. The monoisotopic (exact) mass is 815 g/mol. The summed E-state index contributed by atoms with van der Waals surface area (Å²) in [6.45, 7) is 0. The highest BCUT2D eigenvalue weighted by Gasteiger charge is 2.18. The highest BCUT2D eigenvalue weighted by Crippen LogP contribution is 2.43. The van der Waals surface area contributed by atoms with E-state index in [2.05, 4.69) is 241 Å². The van der Waals surface area contributed by atoms with Gasteiger partial charge in [-0.25, -0.2) is 0 Å². The van der Waals surface area contributed by atoms with Crippen molar-refractivity contribution in [2.24, 2.45) is 0 Å². The molecule has 1 aromatic heterocycles. The molecule has 0 unspecified atom stereocenters. The molecule has 0 N–H and O–H groups in total. The van der Waals surface area contributed by atoms with E-state index >= 15 is 0 Å². The summed E-state index contributed by atoms with van der Waals surface area (Å²) in [5.74, 6) is 0. The van der Waals surface area contributed by atoms with Crippen LogP contribution in [0.5, 0.6) is 0 Å². The van der Waals surface area contributed by atoms with E-state index < -0.39 is 0 Å². The first-order chi connectivity index (χ1) is 31.7. The van der Waals surface area contributed by atoms with Crippen molar-refractivity contribution in [3.63, 3.8) is 0 Å². The molecule has 0 radical (unpaired) electrons. The molecule has 64 heavy (non-hydrogen) atoms. The van der Waals surface area contributed by atoms with Gasteiger partial charge in [-0.3, -0.25) is 0 Å². The summed E-state index contributed by atoms with van der Waals surface area (Å²) >= 11 is 0. The Hall–Kier alpha value is -8.46. The minimum atomic E-state index is 0.911. The molecule has 0 aliphatic rings. The van der Waals surface area contributed by atoms with Gasteiger partial charge in [0.15, 0.2) is 0 Å². The minimum Gasteiger partial charge on any atom is -0.455 e. The summed E-state index contributed by atoms with van der Waals surface area (Å²) < 4.78 is 6.38. The van der Waals surface area contributed by atoms with Gasteiger partial charge in [0, 0.05) is 33.4 Å². The maximum Gasteiger partial charge on any atom is 0.143 e. The van der Waals surface area contributed by atoms with Crippen molar-refractivity contribution in [1.82, 2.24) is 0 Å². The lowest BCUT2D eigenvalue weighted by atomic mass is 9.93. The smallest absolute Gasteiger partial charge is 0.143 e. The molecule has 1 heterocycles.